The number of pyridine rings is 1. The molecule has 0 spiro atoms. The SMILES string of the molecule is O=C(CSc1ccc(F)cc1)NCc1cncc(-c2ccsc2)c1. The summed E-state index contributed by atoms with van der Waals surface area (Å²) in [6.07, 6.45) is 3.57. The lowest BCUT2D eigenvalue weighted by Gasteiger charge is -2.06. The summed E-state index contributed by atoms with van der Waals surface area (Å²) in [6, 6.07) is 10.2. The topological polar surface area (TPSA) is 42.0 Å². The van der Waals surface area contributed by atoms with Gasteiger partial charge in [0.15, 0.2) is 0 Å². The van der Waals surface area contributed by atoms with Crippen LogP contribution in [0, 0.1) is 5.82 Å². The molecule has 2 aromatic heterocycles. The van der Waals surface area contributed by atoms with E-state index in [1.807, 2.05) is 23.7 Å². The smallest absolute Gasteiger partial charge is 0.230 e. The van der Waals surface area contributed by atoms with Crippen LogP contribution in [0.3, 0.4) is 0 Å². The van der Waals surface area contributed by atoms with Gasteiger partial charge in [0.2, 0.25) is 5.91 Å². The van der Waals surface area contributed by atoms with Crippen LogP contribution in [0.2, 0.25) is 0 Å². The predicted molar refractivity (Wildman–Crippen MR) is 96.5 cm³/mol. The number of thiophene rings is 1. The average molecular weight is 358 g/mol. The van der Waals surface area contributed by atoms with Crippen LogP contribution < -0.4 is 5.32 Å². The second kappa shape index (κ2) is 8.08. The van der Waals surface area contributed by atoms with Gasteiger partial charge < -0.3 is 5.32 Å². The first kappa shape index (κ1) is 16.7. The zero-order valence-corrected chi connectivity index (χ0v) is 14.4. The molecule has 0 radical (unpaired) electrons. The third kappa shape index (κ3) is 4.66. The molecule has 0 unspecified atom stereocenters. The van der Waals surface area contributed by atoms with Crippen LogP contribution >= 0.6 is 23.1 Å². The van der Waals surface area contributed by atoms with Crippen molar-refractivity contribution in [1.29, 1.82) is 0 Å². The first-order chi connectivity index (χ1) is 11.7. The normalized spacial score (nSPS) is 10.5. The average Bonchev–Trinajstić information content (AvgIpc) is 3.14. The number of hydrogen-bond donors (Lipinski definition) is 1. The van der Waals surface area contributed by atoms with E-state index in [1.165, 1.54) is 23.9 Å². The summed E-state index contributed by atoms with van der Waals surface area (Å²) in [5, 5.41) is 6.97. The summed E-state index contributed by atoms with van der Waals surface area (Å²) < 4.78 is 12.8. The van der Waals surface area contributed by atoms with E-state index in [0.29, 0.717) is 12.3 Å². The molecule has 1 aromatic carbocycles. The Morgan fingerprint density at radius 3 is 2.75 bits per heavy atom. The highest BCUT2D eigenvalue weighted by atomic mass is 32.2. The van der Waals surface area contributed by atoms with Crippen molar-refractivity contribution in [2.75, 3.05) is 5.75 Å². The van der Waals surface area contributed by atoms with Crippen LogP contribution in [0.25, 0.3) is 11.1 Å². The van der Waals surface area contributed by atoms with E-state index in [2.05, 4.69) is 15.7 Å². The molecule has 3 rings (SSSR count). The zero-order chi connectivity index (χ0) is 16.8. The lowest BCUT2D eigenvalue weighted by atomic mass is 10.1. The van der Waals surface area contributed by atoms with Crippen molar-refractivity contribution in [2.24, 2.45) is 0 Å². The fourth-order valence-electron chi connectivity index (χ4n) is 2.10. The molecule has 0 saturated heterocycles. The minimum Gasteiger partial charge on any atom is -0.351 e. The van der Waals surface area contributed by atoms with Crippen molar-refractivity contribution < 1.29 is 9.18 Å². The number of halogens is 1. The fourth-order valence-corrected chi connectivity index (χ4v) is 3.50. The Balaban J connectivity index is 1.51. The van der Waals surface area contributed by atoms with Gasteiger partial charge in [-0.05, 0) is 58.3 Å². The van der Waals surface area contributed by atoms with Crippen molar-refractivity contribution in [3.05, 3.63) is 70.9 Å². The molecule has 3 nitrogen and oxygen atoms in total. The first-order valence-corrected chi connectivity index (χ1v) is 9.25. The minimum atomic E-state index is -0.276. The Hall–Kier alpha value is -2.18. The molecule has 0 fully saturated rings. The maximum atomic E-state index is 12.8. The summed E-state index contributed by atoms with van der Waals surface area (Å²) in [5.74, 6) is -0.0458. The number of carbonyl (C=O) groups excluding carboxylic acids is 1. The lowest BCUT2D eigenvalue weighted by molar-refractivity contribution is -0.118. The van der Waals surface area contributed by atoms with E-state index in [0.717, 1.165) is 21.6 Å². The molecule has 1 N–H and O–H groups in total. The van der Waals surface area contributed by atoms with Crippen LogP contribution in [0.5, 0.6) is 0 Å². The molecular weight excluding hydrogens is 343 g/mol. The molecule has 122 valence electrons. The molecule has 0 atom stereocenters. The minimum absolute atomic E-state index is 0.0646. The number of benzene rings is 1. The molecule has 0 bridgehead atoms. The Morgan fingerprint density at radius 2 is 2.00 bits per heavy atom. The standard InChI is InChI=1S/C18H15FN2OS2/c19-16-1-3-17(4-2-16)24-12-18(22)21-9-13-7-15(10-20-8-13)14-5-6-23-11-14/h1-8,10-11H,9,12H2,(H,21,22). The highest BCUT2D eigenvalue weighted by Gasteiger charge is 2.05. The number of carbonyl (C=O) groups is 1. The summed E-state index contributed by atoms with van der Waals surface area (Å²) >= 11 is 3.02. The third-order valence-corrected chi connectivity index (χ3v) is 5.02. The summed E-state index contributed by atoms with van der Waals surface area (Å²) in [7, 11) is 0. The Bertz CT molecular complexity index is 804. The molecular formula is C18H15FN2OS2. The predicted octanol–water partition coefficient (Wildman–Crippen LogP) is 4.36. The largest absolute Gasteiger partial charge is 0.351 e. The van der Waals surface area contributed by atoms with Gasteiger partial charge in [0, 0.05) is 29.4 Å². The number of aromatic nitrogens is 1. The highest BCUT2D eigenvalue weighted by Crippen LogP contribution is 2.22. The summed E-state index contributed by atoms with van der Waals surface area (Å²) in [6.45, 7) is 0.438. The molecule has 0 aliphatic heterocycles. The van der Waals surface area contributed by atoms with Crippen LogP contribution in [-0.2, 0) is 11.3 Å². The molecule has 0 saturated carbocycles. The van der Waals surface area contributed by atoms with E-state index in [4.69, 9.17) is 0 Å². The van der Waals surface area contributed by atoms with E-state index in [1.54, 1.807) is 29.7 Å². The van der Waals surface area contributed by atoms with E-state index < -0.39 is 0 Å². The number of nitrogens with zero attached hydrogens (tertiary/aromatic N) is 1. The third-order valence-electron chi connectivity index (χ3n) is 3.32. The fraction of sp³-hybridized carbons (Fsp3) is 0.111. The van der Waals surface area contributed by atoms with Gasteiger partial charge in [-0.2, -0.15) is 11.3 Å². The second-order valence-electron chi connectivity index (χ2n) is 5.11. The molecule has 1 amide bonds. The van der Waals surface area contributed by atoms with Crippen molar-refractivity contribution in [3.8, 4) is 11.1 Å². The number of thioether (sulfide) groups is 1. The Kier molecular flexibility index (Phi) is 5.61. The quantitative estimate of drug-likeness (QED) is 0.666. The number of rotatable bonds is 6. The maximum absolute atomic E-state index is 12.8. The molecule has 2 heterocycles. The maximum Gasteiger partial charge on any atom is 0.230 e. The van der Waals surface area contributed by atoms with Gasteiger partial charge in [0.25, 0.3) is 0 Å². The van der Waals surface area contributed by atoms with Gasteiger partial charge in [-0.15, -0.1) is 11.8 Å². The van der Waals surface area contributed by atoms with Gasteiger partial charge in [-0.3, -0.25) is 9.78 Å². The van der Waals surface area contributed by atoms with E-state index in [-0.39, 0.29) is 11.7 Å². The van der Waals surface area contributed by atoms with Crippen molar-refractivity contribution in [3.63, 3.8) is 0 Å². The molecule has 6 heteroatoms. The van der Waals surface area contributed by atoms with Crippen LogP contribution in [0.15, 0.2) is 64.4 Å². The molecule has 0 aliphatic carbocycles. The van der Waals surface area contributed by atoms with Gasteiger partial charge in [-0.1, -0.05) is 0 Å². The monoisotopic (exact) mass is 358 g/mol. The summed E-state index contributed by atoms with van der Waals surface area (Å²) in [4.78, 5) is 17.0. The molecule has 24 heavy (non-hydrogen) atoms. The second-order valence-corrected chi connectivity index (χ2v) is 6.94. The highest BCUT2D eigenvalue weighted by molar-refractivity contribution is 8.00. The summed E-state index contributed by atoms with van der Waals surface area (Å²) in [5.41, 5.74) is 3.13. The van der Waals surface area contributed by atoms with Gasteiger partial charge in [-0.25, -0.2) is 4.39 Å². The van der Waals surface area contributed by atoms with Crippen LogP contribution in [0.1, 0.15) is 5.56 Å². The zero-order valence-electron chi connectivity index (χ0n) is 12.7. The van der Waals surface area contributed by atoms with Gasteiger partial charge >= 0.3 is 0 Å². The Labute approximate surface area is 148 Å². The lowest BCUT2D eigenvalue weighted by Crippen LogP contribution is -2.24. The van der Waals surface area contributed by atoms with Crippen molar-refractivity contribution in [1.82, 2.24) is 10.3 Å². The van der Waals surface area contributed by atoms with Gasteiger partial charge in [0.05, 0.1) is 5.75 Å². The molecule has 0 aliphatic rings. The van der Waals surface area contributed by atoms with E-state index >= 15 is 0 Å². The van der Waals surface area contributed by atoms with Crippen molar-refractivity contribution in [2.45, 2.75) is 11.4 Å². The Morgan fingerprint density at radius 1 is 1.17 bits per heavy atom. The number of amides is 1. The number of hydrogen-bond acceptors (Lipinski definition) is 4. The van der Waals surface area contributed by atoms with Crippen LogP contribution in [-0.4, -0.2) is 16.6 Å². The van der Waals surface area contributed by atoms with Gasteiger partial charge in [0.1, 0.15) is 5.82 Å². The molecule has 3 aromatic rings. The van der Waals surface area contributed by atoms with E-state index in [9.17, 15) is 9.18 Å². The number of nitrogens with one attached hydrogen (secondary N) is 1. The van der Waals surface area contributed by atoms with Crippen molar-refractivity contribution >= 4 is 29.0 Å². The first-order valence-electron chi connectivity index (χ1n) is 7.32. The van der Waals surface area contributed by atoms with Crippen LogP contribution in [0.4, 0.5) is 4.39 Å².